The Kier molecular flexibility index (Phi) is 5.40. The van der Waals surface area contributed by atoms with Gasteiger partial charge in [0, 0.05) is 17.0 Å². The van der Waals surface area contributed by atoms with E-state index in [4.69, 9.17) is 9.47 Å². The number of fused-ring (bicyclic) bond motifs is 1. The van der Waals surface area contributed by atoms with Crippen LogP contribution in [-0.2, 0) is 29.9 Å². The molecule has 6 nitrogen and oxygen atoms in total. The van der Waals surface area contributed by atoms with Crippen molar-refractivity contribution in [2.24, 2.45) is 10.8 Å². The number of benzene rings is 2. The molecule has 0 aliphatic heterocycles. The zero-order chi connectivity index (χ0) is 26.1. The number of carbonyl (C=O) groups excluding carboxylic acids is 4. The lowest BCUT2D eigenvalue weighted by molar-refractivity contribution is -0.162. The first-order chi connectivity index (χ1) is 16.2. The molecule has 1 fully saturated rings. The Labute approximate surface area is 206 Å². The van der Waals surface area contributed by atoms with Crippen molar-refractivity contribution in [1.29, 1.82) is 0 Å². The standard InChI is InChI=1S/C29H32O6/c1-26(2,3)17-13-16(14-18(15-17)27(4,5)6)21-28(29(21,24(32)34-7)25(33)35-8)22(30)19-11-9-10-12-20(19)23(28)31/h9-15,21H,1-8H3. The number of Topliss-reactive ketones (excluding diaryl/α,β-unsaturated/α-hetero) is 2. The number of methoxy groups -OCH3 is 2. The maximum atomic E-state index is 14.0. The third kappa shape index (κ3) is 3.08. The minimum absolute atomic E-state index is 0.209. The van der Waals surface area contributed by atoms with Crippen LogP contribution >= 0.6 is 0 Å². The summed E-state index contributed by atoms with van der Waals surface area (Å²) in [5.41, 5.74) is -1.62. The minimum Gasteiger partial charge on any atom is -0.468 e. The quantitative estimate of drug-likeness (QED) is 0.468. The van der Waals surface area contributed by atoms with E-state index >= 15 is 0 Å². The fourth-order valence-corrected chi connectivity index (χ4v) is 5.65. The summed E-state index contributed by atoms with van der Waals surface area (Å²) in [6.07, 6.45) is 0. The number of rotatable bonds is 3. The molecule has 6 heteroatoms. The monoisotopic (exact) mass is 476 g/mol. The van der Waals surface area contributed by atoms with Gasteiger partial charge in [-0.1, -0.05) is 84.0 Å². The first-order valence-electron chi connectivity index (χ1n) is 11.7. The largest absolute Gasteiger partial charge is 0.468 e. The van der Waals surface area contributed by atoms with Gasteiger partial charge in [-0.3, -0.25) is 19.2 Å². The lowest BCUT2D eigenvalue weighted by Gasteiger charge is -2.26. The summed E-state index contributed by atoms with van der Waals surface area (Å²) in [4.78, 5) is 54.8. The zero-order valence-electron chi connectivity index (χ0n) is 21.6. The van der Waals surface area contributed by atoms with Crippen LogP contribution in [0.25, 0.3) is 0 Å². The Hall–Kier alpha value is -3.28. The molecule has 0 aromatic heterocycles. The normalized spacial score (nSPS) is 19.9. The molecular weight excluding hydrogens is 444 g/mol. The molecule has 4 rings (SSSR count). The summed E-state index contributed by atoms with van der Waals surface area (Å²) in [5.74, 6) is -4.02. The maximum absolute atomic E-state index is 14.0. The van der Waals surface area contributed by atoms with Crippen LogP contribution in [0.2, 0.25) is 0 Å². The predicted octanol–water partition coefficient (Wildman–Crippen LogP) is 4.78. The molecule has 2 aliphatic rings. The molecule has 1 unspecified atom stereocenters. The van der Waals surface area contributed by atoms with Gasteiger partial charge < -0.3 is 9.47 Å². The third-order valence-electron chi connectivity index (χ3n) is 7.57. The Bertz CT molecular complexity index is 1190. The summed E-state index contributed by atoms with van der Waals surface area (Å²) in [7, 11) is 2.30. The molecule has 184 valence electrons. The topological polar surface area (TPSA) is 86.7 Å². The molecule has 0 radical (unpaired) electrons. The Morgan fingerprint density at radius 2 is 1.14 bits per heavy atom. The smallest absolute Gasteiger partial charge is 0.325 e. The van der Waals surface area contributed by atoms with Crippen LogP contribution in [0, 0.1) is 10.8 Å². The summed E-state index contributed by atoms with van der Waals surface area (Å²) in [5, 5.41) is 0. The van der Waals surface area contributed by atoms with E-state index in [2.05, 4.69) is 47.6 Å². The van der Waals surface area contributed by atoms with Crippen molar-refractivity contribution in [3.8, 4) is 0 Å². The van der Waals surface area contributed by atoms with Gasteiger partial charge in [-0.15, -0.1) is 0 Å². The number of hydrogen-bond acceptors (Lipinski definition) is 6. The van der Waals surface area contributed by atoms with E-state index in [-0.39, 0.29) is 22.0 Å². The van der Waals surface area contributed by atoms with Gasteiger partial charge in [0.25, 0.3) is 0 Å². The highest BCUT2D eigenvalue weighted by molar-refractivity contribution is 6.39. The number of esters is 2. The summed E-state index contributed by atoms with van der Waals surface area (Å²) in [6.45, 7) is 12.4. The van der Waals surface area contributed by atoms with Crippen LogP contribution in [0.4, 0.5) is 0 Å². The van der Waals surface area contributed by atoms with E-state index in [0.717, 1.165) is 25.3 Å². The fourth-order valence-electron chi connectivity index (χ4n) is 5.65. The molecule has 1 atom stereocenters. The highest BCUT2D eigenvalue weighted by Crippen LogP contribution is 2.79. The van der Waals surface area contributed by atoms with Gasteiger partial charge in [-0.25, -0.2) is 0 Å². The van der Waals surface area contributed by atoms with Crippen molar-refractivity contribution in [3.63, 3.8) is 0 Å². The highest BCUT2D eigenvalue weighted by Gasteiger charge is 2.94. The van der Waals surface area contributed by atoms with Crippen molar-refractivity contribution < 1.29 is 28.7 Å². The molecule has 0 heterocycles. The van der Waals surface area contributed by atoms with Crippen molar-refractivity contribution in [2.45, 2.75) is 58.3 Å². The van der Waals surface area contributed by atoms with Gasteiger partial charge in [0.2, 0.25) is 0 Å². The van der Waals surface area contributed by atoms with Crippen molar-refractivity contribution >= 4 is 23.5 Å². The molecule has 0 bridgehead atoms. The second kappa shape index (κ2) is 7.61. The first kappa shape index (κ1) is 24.8. The van der Waals surface area contributed by atoms with Crippen LogP contribution in [0.15, 0.2) is 42.5 Å². The highest BCUT2D eigenvalue weighted by atomic mass is 16.5. The number of carbonyl (C=O) groups is 4. The van der Waals surface area contributed by atoms with Crippen molar-refractivity contribution in [3.05, 3.63) is 70.3 Å². The second-order valence-electron chi connectivity index (χ2n) is 11.6. The van der Waals surface area contributed by atoms with Gasteiger partial charge >= 0.3 is 11.9 Å². The van der Waals surface area contributed by atoms with E-state index in [1.165, 1.54) is 0 Å². The van der Waals surface area contributed by atoms with E-state index in [0.29, 0.717) is 5.56 Å². The molecule has 0 saturated heterocycles. The van der Waals surface area contributed by atoms with Gasteiger partial charge in [0.05, 0.1) is 14.2 Å². The molecule has 2 aliphatic carbocycles. The summed E-state index contributed by atoms with van der Waals surface area (Å²) < 4.78 is 10.2. The zero-order valence-corrected chi connectivity index (χ0v) is 21.6. The Morgan fingerprint density at radius 3 is 1.49 bits per heavy atom. The Morgan fingerprint density at radius 1 is 0.743 bits per heavy atom. The molecule has 2 aromatic rings. The fraction of sp³-hybridized carbons (Fsp3) is 0.448. The minimum atomic E-state index is -2.10. The second-order valence-corrected chi connectivity index (χ2v) is 11.6. The molecule has 35 heavy (non-hydrogen) atoms. The summed E-state index contributed by atoms with van der Waals surface area (Å²) >= 11 is 0. The predicted molar refractivity (Wildman–Crippen MR) is 131 cm³/mol. The van der Waals surface area contributed by atoms with E-state index < -0.39 is 40.3 Å². The van der Waals surface area contributed by atoms with Crippen molar-refractivity contribution in [1.82, 2.24) is 0 Å². The number of ketones is 2. The van der Waals surface area contributed by atoms with Gasteiger partial charge in [-0.2, -0.15) is 0 Å². The van der Waals surface area contributed by atoms with E-state index in [1.807, 2.05) is 12.1 Å². The van der Waals surface area contributed by atoms with Crippen LogP contribution in [0.1, 0.15) is 84.9 Å². The molecular formula is C29H32O6. The van der Waals surface area contributed by atoms with Crippen LogP contribution in [0.3, 0.4) is 0 Å². The van der Waals surface area contributed by atoms with Crippen LogP contribution < -0.4 is 0 Å². The first-order valence-corrected chi connectivity index (χ1v) is 11.7. The Balaban J connectivity index is 2.08. The van der Waals surface area contributed by atoms with Gasteiger partial charge in [0.15, 0.2) is 17.0 Å². The van der Waals surface area contributed by atoms with Gasteiger partial charge in [-0.05, 0) is 27.5 Å². The molecule has 1 saturated carbocycles. The average molecular weight is 477 g/mol. The van der Waals surface area contributed by atoms with Gasteiger partial charge in [0.1, 0.15) is 5.41 Å². The lowest BCUT2D eigenvalue weighted by atomic mass is 9.78. The molecule has 1 spiro atoms. The third-order valence-corrected chi connectivity index (χ3v) is 7.57. The average Bonchev–Trinajstić information content (AvgIpc) is 3.40. The van der Waals surface area contributed by atoms with Crippen LogP contribution in [0.5, 0.6) is 0 Å². The number of ether oxygens (including phenoxy) is 2. The molecule has 0 amide bonds. The van der Waals surface area contributed by atoms with Crippen LogP contribution in [-0.4, -0.2) is 37.7 Å². The summed E-state index contributed by atoms with van der Waals surface area (Å²) in [6, 6.07) is 12.4. The maximum Gasteiger partial charge on any atom is 0.325 e. The lowest BCUT2D eigenvalue weighted by Crippen LogP contribution is -2.39. The van der Waals surface area contributed by atoms with Crippen molar-refractivity contribution in [2.75, 3.05) is 14.2 Å². The number of hydrogen-bond donors (Lipinski definition) is 0. The molecule has 2 aromatic carbocycles. The SMILES string of the molecule is COC(=O)C1(C(=O)OC)C(c2cc(C(C)(C)C)cc(C(C)(C)C)c2)C12C(=O)c1ccccc1C2=O. The van der Waals surface area contributed by atoms with E-state index in [1.54, 1.807) is 24.3 Å². The molecule has 0 N–H and O–H groups in total. The van der Waals surface area contributed by atoms with E-state index in [9.17, 15) is 19.2 Å².